The van der Waals surface area contributed by atoms with Crippen LogP contribution in [-0.2, 0) is 0 Å². The minimum absolute atomic E-state index is 0.0512. The van der Waals surface area contributed by atoms with E-state index in [0.717, 1.165) is 5.92 Å². The van der Waals surface area contributed by atoms with Crippen LogP contribution in [0, 0.1) is 34.8 Å². The molecule has 116 valence electrons. The van der Waals surface area contributed by atoms with Gasteiger partial charge in [0.25, 0.3) is 11.6 Å². The maximum Gasteiger partial charge on any atom is 0.273 e. The number of hydrogen-bond donors (Lipinski definition) is 1. The molecule has 6 heteroatoms. The second-order valence-electron chi connectivity index (χ2n) is 6.32. The second kappa shape index (κ2) is 5.87. The monoisotopic (exact) mass is 301 g/mol. The normalized spacial score (nSPS) is 26.5. The van der Waals surface area contributed by atoms with Crippen LogP contribution < -0.4 is 5.43 Å². The Morgan fingerprint density at radius 3 is 2.86 bits per heavy atom. The number of nitro benzene ring substituents is 1. The van der Waals surface area contributed by atoms with E-state index in [1.54, 1.807) is 19.1 Å². The Labute approximate surface area is 128 Å². The Bertz CT molecular complexity index is 642. The predicted octanol–water partition coefficient (Wildman–Crippen LogP) is 3.06. The summed E-state index contributed by atoms with van der Waals surface area (Å²) in [6.45, 7) is 1.65. The molecule has 2 saturated carbocycles. The van der Waals surface area contributed by atoms with Gasteiger partial charge in [0.15, 0.2) is 0 Å². The first kappa shape index (κ1) is 14.7. The van der Waals surface area contributed by atoms with Crippen molar-refractivity contribution in [3.63, 3.8) is 0 Å². The number of fused-ring (bicyclic) bond motifs is 2. The quantitative estimate of drug-likeness (QED) is 0.527. The van der Waals surface area contributed by atoms with Gasteiger partial charge in [-0.05, 0) is 50.0 Å². The average Bonchev–Trinajstić information content (AvgIpc) is 3.10. The van der Waals surface area contributed by atoms with Gasteiger partial charge in [0.05, 0.1) is 4.92 Å². The van der Waals surface area contributed by atoms with Crippen molar-refractivity contribution in [2.24, 2.45) is 22.9 Å². The molecule has 3 unspecified atom stereocenters. The zero-order chi connectivity index (χ0) is 15.7. The van der Waals surface area contributed by atoms with Crippen molar-refractivity contribution < 1.29 is 9.72 Å². The summed E-state index contributed by atoms with van der Waals surface area (Å²) in [4.78, 5) is 22.4. The molecule has 0 aromatic heterocycles. The number of carbonyl (C=O) groups excluding carboxylic acids is 1. The lowest BCUT2D eigenvalue weighted by molar-refractivity contribution is -0.385. The summed E-state index contributed by atoms with van der Waals surface area (Å²) in [5, 5.41) is 15.0. The van der Waals surface area contributed by atoms with E-state index < -0.39 is 10.8 Å². The van der Waals surface area contributed by atoms with Crippen molar-refractivity contribution in [1.82, 2.24) is 5.43 Å². The molecule has 0 saturated heterocycles. The van der Waals surface area contributed by atoms with Crippen LogP contribution in [0.1, 0.15) is 41.6 Å². The van der Waals surface area contributed by atoms with Crippen LogP contribution in [0.25, 0.3) is 0 Å². The molecule has 2 bridgehead atoms. The number of nitrogens with one attached hydrogen (secondary N) is 1. The highest BCUT2D eigenvalue weighted by Gasteiger charge is 2.38. The average molecular weight is 301 g/mol. The van der Waals surface area contributed by atoms with Gasteiger partial charge < -0.3 is 0 Å². The Hall–Kier alpha value is -2.24. The number of benzene rings is 1. The molecule has 6 nitrogen and oxygen atoms in total. The third-order valence-corrected chi connectivity index (χ3v) is 4.89. The van der Waals surface area contributed by atoms with Gasteiger partial charge in [-0.25, -0.2) is 5.43 Å². The summed E-state index contributed by atoms with van der Waals surface area (Å²) in [7, 11) is 0. The van der Waals surface area contributed by atoms with E-state index in [2.05, 4.69) is 10.5 Å². The van der Waals surface area contributed by atoms with Crippen molar-refractivity contribution in [3.8, 4) is 0 Å². The lowest BCUT2D eigenvalue weighted by atomic mass is 9.90. The Balaban J connectivity index is 1.62. The van der Waals surface area contributed by atoms with Crippen molar-refractivity contribution in [2.45, 2.75) is 32.6 Å². The van der Waals surface area contributed by atoms with Crippen LogP contribution in [0.2, 0.25) is 0 Å². The first-order valence-electron chi connectivity index (χ1n) is 7.63. The minimum atomic E-state index is -0.482. The van der Waals surface area contributed by atoms with Crippen LogP contribution in [0.3, 0.4) is 0 Å². The largest absolute Gasteiger partial charge is 0.273 e. The Morgan fingerprint density at radius 2 is 2.23 bits per heavy atom. The summed E-state index contributed by atoms with van der Waals surface area (Å²) in [6, 6.07) is 4.44. The highest BCUT2D eigenvalue weighted by Crippen LogP contribution is 2.47. The number of hydrazone groups is 1. The Kier molecular flexibility index (Phi) is 3.92. The van der Waals surface area contributed by atoms with E-state index in [1.807, 2.05) is 6.21 Å². The molecule has 2 fully saturated rings. The summed E-state index contributed by atoms with van der Waals surface area (Å²) in [5.41, 5.74) is 3.21. The summed E-state index contributed by atoms with van der Waals surface area (Å²) >= 11 is 0. The number of nitro groups is 1. The van der Waals surface area contributed by atoms with Crippen LogP contribution in [0.4, 0.5) is 5.69 Å². The van der Waals surface area contributed by atoms with E-state index in [0.29, 0.717) is 17.4 Å². The first-order chi connectivity index (χ1) is 10.5. The van der Waals surface area contributed by atoms with Gasteiger partial charge in [0.2, 0.25) is 0 Å². The zero-order valence-corrected chi connectivity index (χ0v) is 12.5. The van der Waals surface area contributed by atoms with Crippen LogP contribution in [0.5, 0.6) is 0 Å². The van der Waals surface area contributed by atoms with Gasteiger partial charge in [0, 0.05) is 23.4 Å². The molecular weight excluding hydrogens is 282 g/mol. The molecule has 0 aliphatic heterocycles. The minimum Gasteiger partial charge on any atom is -0.267 e. The zero-order valence-electron chi connectivity index (χ0n) is 12.5. The van der Waals surface area contributed by atoms with Crippen LogP contribution in [-0.4, -0.2) is 17.0 Å². The van der Waals surface area contributed by atoms with E-state index in [9.17, 15) is 14.9 Å². The molecule has 1 aromatic rings. The van der Waals surface area contributed by atoms with Crippen molar-refractivity contribution >= 4 is 17.8 Å². The standard InChI is InChI=1S/C16H19N3O3/c1-10-2-4-13(8-15(10)19(21)22)16(20)18-17-9-14-7-11-3-5-12(14)6-11/h2,4,8-9,11-12,14H,3,5-7H2,1H3,(H,18,20). The van der Waals surface area contributed by atoms with Crippen molar-refractivity contribution in [1.29, 1.82) is 0 Å². The molecule has 2 aliphatic carbocycles. The van der Waals surface area contributed by atoms with E-state index in [-0.39, 0.29) is 11.3 Å². The van der Waals surface area contributed by atoms with Gasteiger partial charge in [0.1, 0.15) is 0 Å². The highest BCUT2D eigenvalue weighted by atomic mass is 16.6. The summed E-state index contributed by atoms with van der Waals surface area (Å²) in [5.74, 6) is 1.59. The fourth-order valence-electron chi connectivity index (χ4n) is 3.68. The second-order valence-corrected chi connectivity index (χ2v) is 6.32. The molecule has 1 amide bonds. The lowest BCUT2D eigenvalue weighted by Crippen LogP contribution is -2.20. The topological polar surface area (TPSA) is 84.6 Å². The van der Waals surface area contributed by atoms with Gasteiger partial charge in [-0.2, -0.15) is 5.10 Å². The van der Waals surface area contributed by atoms with E-state index in [1.165, 1.54) is 31.7 Å². The number of carbonyl (C=O) groups is 1. The fraction of sp³-hybridized carbons (Fsp3) is 0.500. The van der Waals surface area contributed by atoms with Crippen molar-refractivity contribution in [3.05, 3.63) is 39.4 Å². The molecule has 0 radical (unpaired) electrons. The maximum atomic E-state index is 12.0. The number of aryl methyl sites for hydroxylation is 1. The Morgan fingerprint density at radius 1 is 1.41 bits per heavy atom. The highest BCUT2D eigenvalue weighted by molar-refractivity contribution is 5.95. The molecule has 3 atom stereocenters. The lowest BCUT2D eigenvalue weighted by Gasteiger charge is -2.16. The molecule has 22 heavy (non-hydrogen) atoms. The van der Waals surface area contributed by atoms with E-state index in [4.69, 9.17) is 0 Å². The molecule has 1 N–H and O–H groups in total. The number of amides is 1. The van der Waals surface area contributed by atoms with Crippen molar-refractivity contribution in [2.75, 3.05) is 0 Å². The fourth-order valence-corrected chi connectivity index (χ4v) is 3.68. The van der Waals surface area contributed by atoms with Crippen LogP contribution in [0.15, 0.2) is 23.3 Å². The SMILES string of the molecule is Cc1ccc(C(=O)NN=CC2CC3CCC2C3)cc1[N+](=O)[O-]. The van der Waals surface area contributed by atoms with Crippen LogP contribution >= 0.6 is 0 Å². The number of rotatable bonds is 4. The van der Waals surface area contributed by atoms with E-state index >= 15 is 0 Å². The summed E-state index contributed by atoms with van der Waals surface area (Å²) in [6.07, 6.45) is 6.88. The molecule has 0 heterocycles. The van der Waals surface area contributed by atoms with Gasteiger partial charge >= 0.3 is 0 Å². The van der Waals surface area contributed by atoms with Gasteiger partial charge in [-0.15, -0.1) is 0 Å². The smallest absolute Gasteiger partial charge is 0.267 e. The molecular formula is C16H19N3O3. The van der Waals surface area contributed by atoms with Gasteiger partial charge in [-0.1, -0.05) is 12.5 Å². The maximum absolute atomic E-state index is 12.0. The number of hydrogen-bond acceptors (Lipinski definition) is 4. The third kappa shape index (κ3) is 2.86. The molecule has 0 spiro atoms. The predicted molar refractivity (Wildman–Crippen MR) is 82.7 cm³/mol. The first-order valence-corrected chi connectivity index (χ1v) is 7.63. The van der Waals surface area contributed by atoms with Gasteiger partial charge in [-0.3, -0.25) is 14.9 Å². The molecule has 2 aliphatic rings. The molecule has 1 aromatic carbocycles. The third-order valence-electron chi connectivity index (χ3n) is 4.89. The summed E-state index contributed by atoms with van der Waals surface area (Å²) < 4.78 is 0. The number of nitrogens with zero attached hydrogens (tertiary/aromatic N) is 2. The molecule has 3 rings (SSSR count).